The van der Waals surface area contributed by atoms with Gasteiger partial charge < -0.3 is 6.15 Å². The van der Waals surface area contributed by atoms with E-state index in [0.717, 1.165) is 0 Å². The molecule has 0 aromatic carbocycles. The molecule has 0 rings (SSSR count). The summed E-state index contributed by atoms with van der Waals surface area (Å²) in [4.78, 5) is 0. The molecule has 0 aromatic heterocycles. The van der Waals surface area contributed by atoms with E-state index >= 15 is 0 Å². The molecule has 0 unspecified atom stereocenters. The van der Waals surface area contributed by atoms with Gasteiger partial charge in [-0.25, -0.2) is 0 Å². The van der Waals surface area contributed by atoms with Crippen LogP contribution in [0.25, 0.3) is 0 Å². The Bertz CT molecular complexity index is 27.0. The van der Waals surface area contributed by atoms with Gasteiger partial charge in [-0.05, 0) is 0 Å². The van der Waals surface area contributed by atoms with E-state index < -0.39 is 21.1 Å². The van der Waals surface area contributed by atoms with Gasteiger partial charge >= 0.3 is 27.3 Å². The van der Waals surface area contributed by atoms with Crippen molar-refractivity contribution in [3.05, 3.63) is 0 Å². The van der Waals surface area contributed by atoms with E-state index in [9.17, 15) is 0 Å². The normalized spacial score (nSPS) is 2.00. The van der Waals surface area contributed by atoms with Crippen LogP contribution in [0.3, 0.4) is 0 Å². The summed E-state index contributed by atoms with van der Waals surface area (Å²) in [6.07, 6.45) is 0. The van der Waals surface area contributed by atoms with Crippen molar-refractivity contribution in [3.8, 4) is 0 Å². The monoisotopic (exact) mass is 169 g/mol. The first-order valence-corrected chi connectivity index (χ1v) is 2.74. The summed E-state index contributed by atoms with van der Waals surface area (Å²) in [6.45, 7) is 0. The third kappa shape index (κ3) is 33.8. The van der Waals surface area contributed by atoms with Gasteiger partial charge in [0, 0.05) is 0 Å². The van der Waals surface area contributed by atoms with Crippen LogP contribution in [0.5, 0.6) is 0 Å². The van der Waals surface area contributed by atoms with Crippen molar-refractivity contribution in [3.63, 3.8) is 0 Å². The van der Waals surface area contributed by atoms with Crippen molar-refractivity contribution in [1.29, 1.82) is 0 Å². The van der Waals surface area contributed by atoms with Crippen LogP contribution in [0.2, 0.25) is 0 Å². The van der Waals surface area contributed by atoms with E-state index in [2.05, 4.69) is 0 Å². The molecular formula is H3NO2Sn. The Kier molecular flexibility index (Phi) is 22.4. The minimum absolute atomic E-state index is 0. The molecule has 0 aromatic rings. The summed E-state index contributed by atoms with van der Waals surface area (Å²) in [5.41, 5.74) is 0. The first-order valence-electron chi connectivity index (χ1n) is 0.408. The summed E-state index contributed by atoms with van der Waals surface area (Å²) in [5, 5.41) is 0. The Morgan fingerprint density at radius 3 is 1.25 bits per heavy atom. The summed E-state index contributed by atoms with van der Waals surface area (Å²) in [6, 6.07) is 0. The SMILES string of the molecule is N.[O]=[Sn]=[O]. The van der Waals surface area contributed by atoms with Crippen LogP contribution in [0.4, 0.5) is 0 Å². The van der Waals surface area contributed by atoms with Gasteiger partial charge in [0.2, 0.25) is 0 Å². The van der Waals surface area contributed by atoms with Crippen molar-refractivity contribution in [2.45, 2.75) is 0 Å². The Morgan fingerprint density at radius 2 is 1.25 bits per heavy atom. The van der Waals surface area contributed by atoms with Crippen molar-refractivity contribution < 1.29 is 6.15 Å². The molecule has 3 N–H and O–H groups in total. The second-order valence-electron chi connectivity index (χ2n) is 0.0833. The topological polar surface area (TPSA) is 69.1 Å². The average Bonchev–Trinajstić information content (AvgIpc) is 0.918. The van der Waals surface area contributed by atoms with E-state index in [1.165, 1.54) is 0 Å². The summed E-state index contributed by atoms with van der Waals surface area (Å²) < 4.78 is 17.1. The maximum atomic E-state index is 8.54. The summed E-state index contributed by atoms with van der Waals surface area (Å²) >= 11 is -2.27. The van der Waals surface area contributed by atoms with E-state index in [1.807, 2.05) is 0 Å². The van der Waals surface area contributed by atoms with Crippen LogP contribution >= 0.6 is 0 Å². The van der Waals surface area contributed by atoms with Gasteiger partial charge in [0.1, 0.15) is 0 Å². The third-order valence-electron chi connectivity index (χ3n) is 0. The van der Waals surface area contributed by atoms with Crippen molar-refractivity contribution >= 4 is 21.1 Å². The van der Waals surface area contributed by atoms with Gasteiger partial charge in [-0.3, -0.25) is 0 Å². The predicted molar refractivity (Wildman–Crippen MR) is 12.1 cm³/mol. The second kappa shape index (κ2) is 10.1. The Hall–Kier alpha value is 0.359. The van der Waals surface area contributed by atoms with Gasteiger partial charge in [0.15, 0.2) is 0 Å². The number of hydrogen-bond acceptors (Lipinski definition) is 3. The van der Waals surface area contributed by atoms with Crippen molar-refractivity contribution in [1.82, 2.24) is 6.15 Å². The third-order valence-corrected chi connectivity index (χ3v) is 0. The second-order valence-corrected chi connectivity index (χ2v) is 0.559. The van der Waals surface area contributed by atoms with Crippen molar-refractivity contribution in [2.24, 2.45) is 0 Å². The molecule has 0 atom stereocenters. The molecular weight excluding hydrogens is 165 g/mol. The van der Waals surface area contributed by atoms with Gasteiger partial charge in [-0.2, -0.15) is 0 Å². The average molecular weight is 168 g/mol. The first-order chi connectivity index (χ1) is 1.41. The molecule has 0 amide bonds. The molecule has 0 aliphatic carbocycles. The Morgan fingerprint density at radius 1 is 1.25 bits per heavy atom. The Balaban J connectivity index is 0. The molecule has 0 spiro atoms. The fraction of sp³-hybridized carbons (Fsp3) is 0. The zero-order chi connectivity index (χ0) is 2.71. The molecule has 0 radical (unpaired) electrons. The van der Waals surface area contributed by atoms with E-state index in [-0.39, 0.29) is 6.15 Å². The van der Waals surface area contributed by atoms with Crippen LogP contribution in [-0.4, -0.2) is 21.1 Å². The fourth-order valence-corrected chi connectivity index (χ4v) is 0. The standard InChI is InChI=1S/H3N.2O.Sn/h1H3;;;. The van der Waals surface area contributed by atoms with Crippen LogP contribution < -0.4 is 6.15 Å². The quantitative estimate of drug-likeness (QED) is 0.497. The first kappa shape index (κ1) is 8.84. The van der Waals surface area contributed by atoms with E-state index in [1.54, 1.807) is 0 Å². The van der Waals surface area contributed by atoms with Gasteiger partial charge in [0.25, 0.3) is 0 Å². The van der Waals surface area contributed by atoms with Gasteiger partial charge in [-0.1, -0.05) is 0 Å². The molecule has 0 fully saturated rings. The molecule has 4 heavy (non-hydrogen) atoms. The Labute approximate surface area is 34.0 Å². The molecule has 24 valence electrons. The molecule has 3 nitrogen and oxygen atoms in total. The van der Waals surface area contributed by atoms with Crippen LogP contribution in [0, 0.1) is 0 Å². The predicted octanol–water partition coefficient (Wildman–Crippen LogP) is -0.456. The zero-order valence-corrected chi connectivity index (χ0v) is 4.88. The molecule has 0 saturated heterocycles. The van der Waals surface area contributed by atoms with Crippen LogP contribution in [-0.2, 0) is 6.15 Å². The van der Waals surface area contributed by atoms with Gasteiger partial charge in [-0.15, -0.1) is 0 Å². The molecule has 0 saturated carbocycles. The number of rotatable bonds is 0. The summed E-state index contributed by atoms with van der Waals surface area (Å²) in [7, 11) is 0. The van der Waals surface area contributed by atoms with E-state index in [0.29, 0.717) is 0 Å². The molecule has 0 aliphatic rings. The fourth-order valence-electron chi connectivity index (χ4n) is 0. The maximum absolute atomic E-state index is 8.54. The summed E-state index contributed by atoms with van der Waals surface area (Å²) in [5.74, 6) is 0. The molecule has 0 bridgehead atoms. The van der Waals surface area contributed by atoms with Crippen LogP contribution in [0.1, 0.15) is 0 Å². The van der Waals surface area contributed by atoms with E-state index in [4.69, 9.17) is 6.15 Å². The molecule has 0 heterocycles. The van der Waals surface area contributed by atoms with Gasteiger partial charge in [0.05, 0.1) is 0 Å². The molecule has 4 heteroatoms. The zero-order valence-electron chi connectivity index (χ0n) is 2.02. The van der Waals surface area contributed by atoms with Crippen molar-refractivity contribution in [2.75, 3.05) is 0 Å². The van der Waals surface area contributed by atoms with Crippen LogP contribution in [0.15, 0.2) is 0 Å². The molecule has 0 aliphatic heterocycles. The number of hydrogen-bond donors (Lipinski definition) is 1. The minimum atomic E-state index is -2.27.